The van der Waals surface area contributed by atoms with E-state index in [1.807, 2.05) is 19.1 Å². The number of phenolic OH excluding ortho intramolecular Hbond substituents is 1. The van der Waals surface area contributed by atoms with Crippen molar-refractivity contribution < 1.29 is 9.84 Å². The van der Waals surface area contributed by atoms with Gasteiger partial charge < -0.3 is 15.2 Å². The Kier molecular flexibility index (Phi) is 5.26. The van der Waals surface area contributed by atoms with Gasteiger partial charge in [0.15, 0.2) is 11.5 Å². The monoisotopic (exact) mass is 305 g/mol. The van der Waals surface area contributed by atoms with Gasteiger partial charge in [-0.25, -0.2) is 0 Å². The maximum atomic E-state index is 9.70. The predicted octanol–water partition coefficient (Wildman–Crippen LogP) is 3.92. The zero-order valence-corrected chi connectivity index (χ0v) is 13.7. The number of ether oxygens (including phenoxy) is 1. The first kappa shape index (κ1) is 15.9. The smallest absolute Gasteiger partial charge is 0.161 e. The van der Waals surface area contributed by atoms with Crippen LogP contribution in [0.4, 0.5) is 0 Å². The normalized spacial score (nSPS) is 11.6. The fraction of sp³-hybridized carbons (Fsp3) is 0.412. The van der Waals surface area contributed by atoms with Gasteiger partial charge in [-0.1, -0.05) is 26.0 Å². The first-order valence-electron chi connectivity index (χ1n) is 7.22. The van der Waals surface area contributed by atoms with Gasteiger partial charge in [-0.05, 0) is 36.1 Å². The Hall–Kier alpha value is -1.52. The molecule has 0 aliphatic heterocycles. The molecule has 4 heteroatoms. The summed E-state index contributed by atoms with van der Waals surface area (Å²) in [7, 11) is 0. The van der Waals surface area contributed by atoms with E-state index in [0.29, 0.717) is 12.4 Å². The van der Waals surface area contributed by atoms with Crippen molar-refractivity contribution in [3.8, 4) is 11.5 Å². The lowest BCUT2D eigenvalue weighted by Gasteiger charge is -2.24. The van der Waals surface area contributed by atoms with Crippen molar-refractivity contribution in [2.75, 3.05) is 13.2 Å². The number of hydrogen-bond acceptors (Lipinski definition) is 4. The van der Waals surface area contributed by atoms with Crippen LogP contribution in [0.5, 0.6) is 11.5 Å². The second kappa shape index (κ2) is 6.96. The molecule has 1 aromatic carbocycles. The van der Waals surface area contributed by atoms with E-state index >= 15 is 0 Å². The summed E-state index contributed by atoms with van der Waals surface area (Å²) in [5.41, 5.74) is 1.23. The molecule has 0 bridgehead atoms. The molecular formula is C17H23NO2S. The van der Waals surface area contributed by atoms with Gasteiger partial charge in [0, 0.05) is 23.4 Å². The van der Waals surface area contributed by atoms with E-state index in [1.54, 1.807) is 17.4 Å². The summed E-state index contributed by atoms with van der Waals surface area (Å²) in [6.45, 7) is 8.61. The Balaban J connectivity index is 1.93. The molecule has 0 radical (unpaired) electrons. The van der Waals surface area contributed by atoms with Gasteiger partial charge in [0.25, 0.3) is 0 Å². The molecule has 0 atom stereocenters. The lowest BCUT2D eigenvalue weighted by atomic mass is 9.91. The van der Waals surface area contributed by atoms with Gasteiger partial charge in [0.2, 0.25) is 0 Å². The van der Waals surface area contributed by atoms with Gasteiger partial charge in [-0.3, -0.25) is 0 Å². The third kappa shape index (κ3) is 4.22. The number of nitrogens with one attached hydrogen (secondary N) is 1. The van der Waals surface area contributed by atoms with Crippen molar-refractivity contribution in [1.82, 2.24) is 5.32 Å². The van der Waals surface area contributed by atoms with Crippen molar-refractivity contribution >= 4 is 11.3 Å². The zero-order chi connectivity index (χ0) is 15.3. The fourth-order valence-electron chi connectivity index (χ4n) is 2.21. The summed E-state index contributed by atoms with van der Waals surface area (Å²) >= 11 is 1.79. The minimum absolute atomic E-state index is 0.119. The molecule has 0 fully saturated rings. The summed E-state index contributed by atoms with van der Waals surface area (Å²) in [4.78, 5) is 1.38. The van der Waals surface area contributed by atoms with Crippen LogP contribution in [0.3, 0.4) is 0 Å². The van der Waals surface area contributed by atoms with E-state index in [9.17, 15) is 5.11 Å². The molecule has 0 spiro atoms. The Morgan fingerprint density at radius 2 is 2.10 bits per heavy atom. The summed E-state index contributed by atoms with van der Waals surface area (Å²) in [5.74, 6) is 0.744. The molecule has 114 valence electrons. The van der Waals surface area contributed by atoms with Gasteiger partial charge in [0.1, 0.15) is 0 Å². The van der Waals surface area contributed by atoms with Crippen molar-refractivity contribution in [2.24, 2.45) is 0 Å². The Labute approximate surface area is 130 Å². The van der Waals surface area contributed by atoms with Crippen molar-refractivity contribution in [3.05, 3.63) is 46.2 Å². The molecule has 0 saturated carbocycles. The predicted molar refractivity (Wildman–Crippen MR) is 88.3 cm³/mol. The van der Waals surface area contributed by atoms with Crippen LogP contribution in [-0.4, -0.2) is 18.3 Å². The molecule has 21 heavy (non-hydrogen) atoms. The third-order valence-corrected chi connectivity index (χ3v) is 4.64. The van der Waals surface area contributed by atoms with Crippen LogP contribution in [0.2, 0.25) is 0 Å². The molecule has 2 N–H and O–H groups in total. The average molecular weight is 305 g/mol. The molecule has 2 aromatic rings. The molecular weight excluding hydrogens is 282 g/mol. The number of phenols is 1. The van der Waals surface area contributed by atoms with E-state index in [-0.39, 0.29) is 11.2 Å². The second-order valence-corrected chi connectivity index (χ2v) is 6.65. The van der Waals surface area contributed by atoms with E-state index in [2.05, 4.69) is 36.7 Å². The van der Waals surface area contributed by atoms with Crippen molar-refractivity contribution in [2.45, 2.75) is 32.7 Å². The third-order valence-electron chi connectivity index (χ3n) is 3.41. The number of benzene rings is 1. The average Bonchev–Trinajstić information content (AvgIpc) is 2.97. The number of hydrogen-bond donors (Lipinski definition) is 2. The van der Waals surface area contributed by atoms with Gasteiger partial charge in [-0.2, -0.15) is 0 Å². The maximum absolute atomic E-state index is 9.70. The number of rotatable bonds is 7. The number of aromatic hydroxyl groups is 1. The second-order valence-electron chi connectivity index (χ2n) is 5.70. The van der Waals surface area contributed by atoms with E-state index in [1.165, 1.54) is 4.88 Å². The zero-order valence-electron chi connectivity index (χ0n) is 12.8. The van der Waals surface area contributed by atoms with Crippen molar-refractivity contribution in [1.29, 1.82) is 0 Å². The highest BCUT2D eigenvalue weighted by Crippen LogP contribution is 2.28. The minimum atomic E-state index is 0.119. The van der Waals surface area contributed by atoms with Crippen LogP contribution in [-0.2, 0) is 12.0 Å². The van der Waals surface area contributed by atoms with Crippen LogP contribution in [0.15, 0.2) is 35.7 Å². The SMILES string of the molecule is CCOc1cc(CNCC(C)(C)c2cccs2)ccc1O. The quantitative estimate of drug-likeness (QED) is 0.814. The first-order valence-corrected chi connectivity index (χ1v) is 8.10. The van der Waals surface area contributed by atoms with Crippen LogP contribution in [0, 0.1) is 0 Å². The highest BCUT2D eigenvalue weighted by atomic mass is 32.1. The Morgan fingerprint density at radius 3 is 2.76 bits per heavy atom. The Morgan fingerprint density at radius 1 is 1.29 bits per heavy atom. The molecule has 1 heterocycles. The molecule has 0 aliphatic rings. The number of thiophene rings is 1. The van der Waals surface area contributed by atoms with E-state index in [4.69, 9.17) is 4.74 Å². The maximum Gasteiger partial charge on any atom is 0.161 e. The largest absolute Gasteiger partial charge is 0.504 e. The molecule has 2 rings (SSSR count). The van der Waals surface area contributed by atoms with Crippen LogP contribution >= 0.6 is 11.3 Å². The lowest BCUT2D eigenvalue weighted by molar-refractivity contribution is 0.317. The molecule has 1 aromatic heterocycles. The summed E-state index contributed by atoms with van der Waals surface area (Å²) in [5, 5.41) is 15.3. The van der Waals surface area contributed by atoms with Gasteiger partial charge in [-0.15, -0.1) is 11.3 Å². The standard InChI is InChI=1S/C17H23NO2S/c1-4-20-15-10-13(7-8-14(15)19)11-18-12-17(2,3)16-6-5-9-21-16/h5-10,18-19H,4,11-12H2,1-3H3. The lowest BCUT2D eigenvalue weighted by Crippen LogP contribution is -2.31. The summed E-state index contributed by atoms with van der Waals surface area (Å²) in [6.07, 6.45) is 0. The Bertz CT molecular complexity index is 564. The molecule has 0 saturated heterocycles. The highest BCUT2D eigenvalue weighted by molar-refractivity contribution is 7.10. The summed E-state index contributed by atoms with van der Waals surface area (Å²) < 4.78 is 5.41. The van der Waals surface area contributed by atoms with Gasteiger partial charge >= 0.3 is 0 Å². The fourth-order valence-corrected chi connectivity index (χ4v) is 3.06. The van der Waals surface area contributed by atoms with Crippen LogP contribution in [0.1, 0.15) is 31.2 Å². The van der Waals surface area contributed by atoms with Crippen LogP contribution < -0.4 is 10.1 Å². The highest BCUT2D eigenvalue weighted by Gasteiger charge is 2.20. The van der Waals surface area contributed by atoms with Gasteiger partial charge in [0.05, 0.1) is 6.61 Å². The van der Waals surface area contributed by atoms with E-state index < -0.39 is 0 Å². The summed E-state index contributed by atoms with van der Waals surface area (Å²) in [6, 6.07) is 9.77. The topological polar surface area (TPSA) is 41.5 Å². The van der Waals surface area contributed by atoms with E-state index in [0.717, 1.165) is 18.7 Å². The van der Waals surface area contributed by atoms with Crippen molar-refractivity contribution in [3.63, 3.8) is 0 Å². The van der Waals surface area contributed by atoms with Crippen LogP contribution in [0.25, 0.3) is 0 Å². The minimum Gasteiger partial charge on any atom is -0.504 e. The molecule has 0 unspecified atom stereocenters. The molecule has 0 aliphatic carbocycles. The molecule has 3 nitrogen and oxygen atoms in total. The molecule has 0 amide bonds. The first-order chi connectivity index (χ1) is 10.0.